The lowest BCUT2D eigenvalue weighted by molar-refractivity contribution is -0.142. The van der Waals surface area contributed by atoms with E-state index in [2.05, 4.69) is 37.2 Å². The molecule has 2 saturated heterocycles. The number of methoxy groups -OCH3 is 1. The number of piperidine rings is 1. The highest BCUT2D eigenvalue weighted by Gasteiger charge is 2.43. The Bertz CT molecular complexity index is 1370. The molecule has 4 aromatic rings. The number of aromatic nitrogens is 6. The highest BCUT2D eigenvalue weighted by Crippen LogP contribution is 2.34. The first-order chi connectivity index (χ1) is 16.4. The summed E-state index contributed by atoms with van der Waals surface area (Å²) in [7, 11) is 1.45. The number of rotatable bonds is 5. The maximum absolute atomic E-state index is 15.1. The zero-order valence-electron chi connectivity index (χ0n) is 18.8. The maximum Gasteiger partial charge on any atom is 0.244 e. The van der Waals surface area contributed by atoms with Gasteiger partial charge in [-0.3, -0.25) is 9.30 Å². The van der Waals surface area contributed by atoms with Crippen LogP contribution < -0.4 is 10.1 Å². The van der Waals surface area contributed by atoms with Gasteiger partial charge in [0.15, 0.2) is 5.82 Å². The molecule has 34 heavy (non-hydrogen) atoms. The lowest BCUT2D eigenvalue weighted by atomic mass is 9.92. The molecule has 6 heterocycles. The van der Waals surface area contributed by atoms with Crippen LogP contribution in [0.5, 0.6) is 5.88 Å². The summed E-state index contributed by atoms with van der Waals surface area (Å²) >= 11 is 0. The Kier molecular flexibility index (Phi) is 4.88. The molecule has 2 aliphatic rings. The Hall–Kier alpha value is -3.38. The molecule has 12 heteroatoms. The van der Waals surface area contributed by atoms with E-state index in [1.54, 1.807) is 29.2 Å². The van der Waals surface area contributed by atoms with Crippen molar-refractivity contribution in [3.8, 4) is 17.0 Å². The van der Waals surface area contributed by atoms with Crippen molar-refractivity contribution in [2.75, 3.05) is 38.7 Å². The highest BCUT2D eigenvalue weighted by atomic mass is 19.1. The summed E-state index contributed by atoms with van der Waals surface area (Å²) in [4.78, 5) is 14.9. The maximum atomic E-state index is 15.1. The van der Waals surface area contributed by atoms with E-state index in [9.17, 15) is 0 Å². The molecule has 0 aliphatic carbocycles. The van der Waals surface area contributed by atoms with E-state index in [0.29, 0.717) is 43.0 Å². The van der Waals surface area contributed by atoms with Crippen molar-refractivity contribution in [3.63, 3.8) is 0 Å². The van der Waals surface area contributed by atoms with E-state index in [1.165, 1.54) is 17.8 Å². The third kappa shape index (κ3) is 3.36. The van der Waals surface area contributed by atoms with Gasteiger partial charge in [-0.2, -0.15) is 4.98 Å². The number of hydrogen-bond acceptors (Lipinski definition) is 8. The van der Waals surface area contributed by atoms with Gasteiger partial charge in [-0.15, -0.1) is 5.10 Å². The zero-order chi connectivity index (χ0) is 23.4. The minimum Gasteiger partial charge on any atom is -0.479 e. The van der Waals surface area contributed by atoms with Crippen LogP contribution in [0.25, 0.3) is 22.4 Å². The number of likely N-dealkylation sites (tertiary alicyclic amines) is 1. The van der Waals surface area contributed by atoms with Crippen molar-refractivity contribution in [1.29, 1.82) is 0 Å². The fourth-order valence-corrected chi connectivity index (χ4v) is 4.75. The smallest absolute Gasteiger partial charge is 0.244 e. The van der Waals surface area contributed by atoms with Crippen LogP contribution in [0.1, 0.15) is 13.3 Å². The number of imidazole rings is 1. The Labute approximate surface area is 193 Å². The number of alkyl halides is 1. The van der Waals surface area contributed by atoms with Crippen LogP contribution in [0.2, 0.25) is 0 Å². The van der Waals surface area contributed by atoms with Crippen molar-refractivity contribution in [2.24, 2.45) is 0 Å². The lowest BCUT2D eigenvalue weighted by Crippen LogP contribution is -2.64. The summed E-state index contributed by atoms with van der Waals surface area (Å²) in [6, 6.07) is -0.462. The van der Waals surface area contributed by atoms with Crippen LogP contribution in [0.15, 0.2) is 31.0 Å². The van der Waals surface area contributed by atoms with Gasteiger partial charge in [0, 0.05) is 43.4 Å². The predicted molar refractivity (Wildman–Crippen MR) is 119 cm³/mol. The molecule has 6 rings (SSSR count). The molecule has 1 N–H and O–H groups in total. The molecular weight excluding hydrogens is 446 g/mol. The second kappa shape index (κ2) is 7.84. The predicted octanol–water partition coefficient (Wildman–Crippen LogP) is 2.20. The molecule has 0 saturated carbocycles. The summed E-state index contributed by atoms with van der Waals surface area (Å²) in [6.45, 7) is 4.39. The average molecular weight is 470 g/mol. The van der Waals surface area contributed by atoms with Gasteiger partial charge in [0.2, 0.25) is 17.6 Å². The minimum atomic E-state index is -1.11. The third-order valence-corrected chi connectivity index (χ3v) is 6.73. The molecule has 0 bridgehead atoms. The molecule has 2 aliphatic heterocycles. The molecule has 2 fully saturated rings. The van der Waals surface area contributed by atoms with Gasteiger partial charge in [0.05, 0.1) is 43.7 Å². The first kappa shape index (κ1) is 21.2. The molecule has 0 aromatic carbocycles. The topological polar surface area (TPSA) is 94.1 Å². The van der Waals surface area contributed by atoms with E-state index in [4.69, 9.17) is 9.47 Å². The van der Waals surface area contributed by atoms with E-state index >= 15 is 8.78 Å². The SMILES string of the molecule is COc1nc(N[C@@H]2CCN(C3(C)COC3)C[C@@H]2F)nn2cc(F)c(-c3cnc4nccn4c3)c12. The molecule has 0 radical (unpaired) electrons. The summed E-state index contributed by atoms with van der Waals surface area (Å²) in [5.41, 5.74) is 1.05. The minimum absolute atomic E-state index is 0.0956. The molecule has 4 aromatic heterocycles. The van der Waals surface area contributed by atoms with Gasteiger partial charge in [-0.05, 0) is 13.3 Å². The summed E-state index contributed by atoms with van der Waals surface area (Å²) in [5.74, 6) is 0.356. The Balaban J connectivity index is 1.30. The van der Waals surface area contributed by atoms with Crippen LogP contribution in [0.3, 0.4) is 0 Å². The number of nitrogens with zero attached hydrogens (tertiary/aromatic N) is 7. The Morgan fingerprint density at radius 2 is 2.12 bits per heavy atom. The molecule has 178 valence electrons. The lowest BCUT2D eigenvalue weighted by Gasteiger charge is -2.50. The normalized spacial score (nSPS) is 22.7. The zero-order valence-corrected chi connectivity index (χ0v) is 18.8. The number of halogens is 2. The number of nitrogens with one attached hydrogen (secondary N) is 1. The molecule has 2 atom stereocenters. The van der Waals surface area contributed by atoms with Crippen LogP contribution in [-0.2, 0) is 4.74 Å². The van der Waals surface area contributed by atoms with Gasteiger partial charge >= 0.3 is 0 Å². The van der Waals surface area contributed by atoms with Gasteiger partial charge in [0.1, 0.15) is 11.7 Å². The van der Waals surface area contributed by atoms with E-state index in [1.807, 2.05) is 0 Å². The van der Waals surface area contributed by atoms with Crippen molar-refractivity contribution in [3.05, 3.63) is 36.8 Å². The number of anilines is 1. The second-order valence-electron chi connectivity index (χ2n) is 9.06. The second-order valence-corrected chi connectivity index (χ2v) is 9.06. The first-order valence-electron chi connectivity index (χ1n) is 11.1. The summed E-state index contributed by atoms with van der Waals surface area (Å²) < 4.78 is 44.0. The van der Waals surface area contributed by atoms with Crippen molar-refractivity contribution in [1.82, 2.24) is 33.9 Å². The Morgan fingerprint density at radius 1 is 1.26 bits per heavy atom. The van der Waals surface area contributed by atoms with Crippen LogP contribution in [0, 0.1) is 5.82 Å². The number of ether oxygens (including phenoxy) is 2. The van der Waals surface area contributed by atoms with Gasteiger partial charge in [0.25, 0.3) is 0 Å². The average Bonchev–Trinajstić information content (AvgIpc) is 3.41. The summed E-state index contributed by atoms with van der Waals surface area (Å²) in [6.07, 6.45) is 7.35. The van der Waals surface area contributed by atoms with Crippen molar-refractivity contribution >= 4 is 17.2 Å². The fourth-order valence-electron chi connectivity index (χ4n) is 4.75. The first-order valence-corrected chi connectivity index (χ1v) is 11.1. The van der Waals surface area contributed by atoms with Crippen LogP contribution >= 0.6 is 0 Å². The standard InChI is InChI=1S/C22H24F2N8O2/c1-22(11-34-12-22)31-5-3-16(14(23)9-31)27-20-28-19(33-2)18-17(15(24)10-32(18)29-20)13-7-26-21-25-4-6-30(21)8-13/h4,6-8,10,14,16H,3,5,9,11-12H2,1-2H3,(H,27,29)/t14-,16+/m0/s1. The molecule has 0 amide bonds. The largest absolute Gasteiger partial charge is 0.479 e. The van der Waals surface area contributed by atoms with Crippen LogP contribution in [0.4, 0.5) is 14.7 Å². The molecule has 0 unspecified atom stereocenters. The summed E-state index contributed by atoms with van der Waals surface area (Å²) in [5, 5.41) is 7.49. The van der Waals surface area contributed by atoms with E-state index in [0.717, 1.165) is 6.54 Å². The van der Waals surface area contributed by atoms with E-state index < -0.39 is 18.0 Å². The van der Waals surface area contributed by atoms with Gasteiger partial charge in [-0.1, -0.05) is 0 Å². The van der Waals surface area contributed by atoms with Crippen LogP contribution in [-0.4, -0.2) is 85.0 Å². The Morgan fingerprint density at radius 3 is 2.85 bits per heavy atom. The molecular formula is C22H24F2N8O2. The number of hydrogen-bond donors (Lipinski definition) is 1. The molecule has 10 nitrogen and oxygen atoms in total. The fraction of sp³-hybridized carbons (Fsp3) is 0.455. The van der Waals surface area contributed by atoms with Crippen molar-refractivity contribution < 1.29 is 18.3 Å². The third-order valence-electron chi connectivity index (χ3n) is 6.73. The quantitative estimate of drug-likeness (QED) is 0.475. The van der Waals surface area contributed by atoms with Gasteiger partial charge < -0.3 is 14.8 Å². The molecule has 0 spiro atoms. The monoisotopic (exact) mass is 470 g/mol. The van der Waals surface area contributed by atoms with Gasteiger partial charge in [-0.25, -0.2) is 23.3 Å². The highest BCUT2D eigenvalue weighted by molar-refractivity contribution is 5.84. The van der Waals surface area contributed by atoms with E-state index in [-0.39, 0.29) is 22.9 Å². The number of fused-ring (bicyclic) bond motifs is 2. The van der Waals surface area contributed by atoms with Crippen molar-refractivity contribution in [2.45, 2.75) is 31.1 Å².